The Hall–Kier alpha value is -2.58. The van der Waals surface area contributed by atoms with Crippen LogP contribution in [0.25, 0.3) is 0 Å². The van der Waals surface area contributed by atoms with E-state index in [4.69, 9.17) is 17.3 Å². The fourth-order valence-electron chi connectivity index (χ4n) is 2.66. The molecule has 0 bridgehead atoms. The normalized spacial score (nSPS) is 20.2. The second-order valence-electron chi connectivity index (χ2n) is 5.75. The summed E-state index contributed by atoms with van der Waals surface area (Å²) in [5.41, 5.74) is 2.21. The third kappa shape index (κ3) is 3.13. The van der Waals surface area contributed by atoms with Crippen LogP contribution >= 0.6 is 11.6 Å². The van der Waals surface area contributed by atoms with Gasteiger partial charge in [0.25, 0.3) is 5.91 Å². The van der Waals surface area contributed by atoms with Gasteiger partial charge in [-0.3, -0.25) is 4.79 Å². The molecule has 26 heavy (non-hydrogen) atoms. The predicted molar refractivity (Wildman–Crippen MR) is 90.5 cm³/mol. The van der Waals surface area contributed by atoms with Crippen molar-refractivity contribution < 1.29 is 23.1 Å². The molecule has 9 heteroatoms. The predicted octanol–water partition coefficient (Wildman–Crippen LogP) is 3.53. The van der Waals surface area contributed by atoms with E-state index in [9.17, 15) is 23.1 Å². The molecule has 0 radical (unpaired) electrons. The number of nitrogens with zero attached hydrogens (tertiary/aromatic N) is 2. The summed E-state index contributed by atoms with van der Waals surface area (Å²) >= 11 is 5.79. The zero-order chi connectivity index (χ0) is 19.1. The first-order valence-electron chi connectivity index (χ1n) is 7.45. The van der Waals surface area contributed by atoms with Gasteiger partial charge in [-0.1, -0.05) is 35.9 Å². The highest BCUT2D eigenvalue weighted by atomic mass is 35.5. The van der Waals surface area contributed by atoms with Gasteiger partial charge >= 0.3 is 6.18 Å². The van der Waals surface area contributed by atoms with Crippen LogP contribution in [-0.2, 0) is 5.72 Å². The molecule has 1 aliphatic heterocycles. The number of anilines is 1. The van der Waals surface area contributed by atoms with Gasteiger partial charge in [0, 0.05) is 16.3 Å². The first-order valence-corrected chi connectivity index (χ1v) is 7.83. The van der Waals surface area contributed by atoms with Crippen LogP contribution in [0.3, 0.4) is 0 Å². The molecule has 1 atom stereocenters. The lowest BCUT2D eigenvalue weighted by Crippen LogP contribution is -2.44. The fraction of sp³-hybridized carbons (Fsp3) is 0.176. The number of hydrazone groups is 1. The largest absolute Gasteiger partial charge is 0.431 e. The molecule has 1 aliphatic rings. The van der Waals surface area contributed by atoms with Gasteiger partial charge in [0.1, 0.15) is 5.71 Å². The summed E-state index contributed by atoms with van der Waals surface area (Å²) in [6.07, 6.45) is -5.70. The highest BCUT2D eigenvalue weighted by molar-refractivity contribution is 6.30. The summed E-state index contributed by atoms with van der Waals surface area (Å²) in [5, 5.41) is 15.1. The number of hydrogen-bond acceptors (Lipinski definition) is 4. The molecule has 0 fully saturated rings. The van der Waals surface area contributed by atoms with Crippen LogP contribution in [-0.4, -0.2) is 27.9 Å². The molecule has 0 unspecified atom stereocenters. The smallest absolute Gasteiger partial charge is 0.398 e. The Morgan fingerprint density at radius 3 is 2.38 bits per heavy atom. The molecule has 1 amide bonds. The Bertz CT molecular complexity index is 884. The third-order valence-electron chi connectivity index (χ3n) is 4.00. The molecule has 2 aromatic carbocycles. The summed E-state index contributed by atoms with van der Waals surface area (Å²) in [6, 6.07) is 11.3. The number of carbonyl (C=O) groups excluding carboxylic acids is 1. The maximum Gasteiger partial charge on any atom is 0.431 e. The zero-order valence-electron chi connectivity index (χ0n) is 13.2. The summed E-state index contributed by atoms with van der Waals surface area (Å²) < 4.78 is 39.5. The second-order valence-corrected chi connectivity index (χ2v) is 6.19. The fourth-order valence-corrected chi connectivity index (χ4v) is 2.79. The van der Waals surface area contributed by atoms with Gasteiger partial charge in [0.15, 0.2) is 5.72 Å². The van der Waals surface area contributed by atoms with Crippen LogP contribution < -0.4 is 5.73 Å². The number of alkyl halides is 3. The number of carbonyl (C=O) groups is 1. The minimum Gasteiger partial charge on any atom is -0.398 e. The van der Waals surface area contributed by atoms with Gasteiger partial charge in [-0.2, -0.15) is 23.3 Å². The Morgan fingerprint density at radius 2 is 1.81 bits per heavy atom. The van der Waals surface area contributed by atoms with Crippen molar-refractivity contribution in [2.75, 3.05) is 5.73 Å². The number of nitrogen functional groups attached to an aromatic ring is 1. The zero-order valence-corrected chi connectivity index (χ0v) is 13.9. The first-order chi connectivity index (χ1) is 12.1. The molecule has 3 N–H and O–H groups in total. The van der Waals surface area contributed by atoms with E-state index in [1.807, 2.05) is 0 Å². The third-order valence-corrected chi connectivity index (χ3v) is 4.25. The van der Waals surface area contributed by atoms with Gasteiger partial charge in [-0.05, 0) is 24.3 Å². The number of aliphatic hydroxyl groups is 1. The average Bonchev–Trinajstić information content (AvgIpc) is 2.94. The van der Waals surface area contributed by atoms with E-state index >= 15 is 0 Å². The molecule has 0 aliphatic carbocycles. The van der Waals surface area contributed by atoms with Crippen LogP contribution in [0.4, 0.5) is 18.9 Å². The topological polar surface area (TPSA) is 78.9 Å². The lowest BCUT2D eigenvalue weighted by atomic mass is 9.96. The van der Waals surface area contributed by atoms with Crippen LogP contribution in [0.2, 0.25) is 5.02 Å². The number of nitrogens with two attached hydrogens (primary N) is 1. The van der Waals surface area contributed by atoms with Crippen molar-refractivity contribution in [1.82, 2.24) is 5.01 Å². The van der Waals surface area contributed by atoms with Crippen LogP contribution in [0.1, 0.15) is 22.3 Å². The summed E-state index contributed by atoms with van der Waals surface area (Å²) in [5.74, 6) is -0.945. The van der Waals surface area contributed by atoms with E-state index in [1.165, 1.54) is 42.5 Å². The first kappa shape index (κ1) is 18.2. The van der Waals surface area contributed by atoms with Crippen LogP contribution in [0, 0.1) is 0 Å². The standard InChI is InChI=1S/C17H13ClF3N3O2/c18-11-7-5-10(6-8-11)16(26)9-14(17(19,20)21)23-24(16)15(25)12-3-1-2-4-13(12)22/h1-8,26H,9,22H2/t16-/m0/s1. The highest BCUT2D eigenvalue weighted by Crippen LogP contribution is 2.41. The Labute approximate surface area is 151 Å². The van der Waals surface area contributed by atoms with Gasteiger partial charge in [0.05, 0.1) is 12.0 Å². The number of halogens is 4. The van der Waals surface area contributed by atoms with Gasteiger partial charge in [-0.15, -0.1) is 0 Å². The molecule has 0 aromatic heterocycles. The molecule has 0 saturated carbocycles. The van der Waals surface area contributed by atoms with E-state index < -0.39 is 29.9 Å². The van der Waals surface area contributed by atoms with Gasteiger partial charge in [0.2, 0.25) is 0 Å². The lowest BCUT2D eigenvalue weighted by molar-refractivity contribution is -0.0815. The Balaban J connectivity index is 2.10. The Morgan fingerprint density at radius 1 is 1.19 bits per heavy atom. The molecule has 5 nitrogen and oxygen atoms in total. The van der Waals surface area contributed by atoms with E-state index in [1.54, 1.807) is 6.07 Å². The van der Waals surface area contributed by atoms with Crippen molar-refractivity contribution in [1.29, 1.82) is 0 Å². The molecule has 1 heterocycles. The van der Waals surface area contributed by atoms with Gasteiger partial charge < -0.3 is 10.8 Å². The van der Waals surface area contributed by atoms with Crippen LogP contribution in [0.5, 0.6) is 0 Å². The van der Waals surface area contributed by atoms with E-state index in [0.29, 0.717) is 10.0 Å². The number of benzene rings is 2. The maximum atomic E-state index is 13.2. The van der Waals surface area contributed by atoms with Crippen molar-refractivity contribution >= 4 is 28.9 Å². The molecule has 0 spiro atoms. The summed E-state index contributed by atoms with van der Waals surface area (Å²) in [4.78, 5) is 12.8. The Kier molecular flexibility index (Phi) is 4.41. The maximum absolute atomic E-state index is 13.2. The van der Waals surface area contributed by atoms with E-state index in [0.717, 1.165) is 0 Å². The SMILES string of the molecule is Nc1ccccc1C(=O)N1N=C(C(F)(F)F)C[C@]1(O)c1ccc(Cl)cc1. The number of amides is 1. The van der Waals surface area contributed by atoms with Crippen molar-refractivity contribution in [3.63, 3.8) is 0 Å². The average molecular weight is 384 g/mol. The number of rotatable bonds is 2. The molecule has 0 saturated heterocycles. The highest BCUT2D eigenvalue weighted by Gasteiger charge is 2.53. The summed E-state index contributed by atoms with van der Waals surface area (Å²) in [7, 11) is 0. The quantitative estimate of drug-likeness (QED) is 0.779. The van der Waals surface area contributed by atoms with Crippen LogP contribution in [0.15, 0.2) is 53.6 Å². The van der Waals surface area contributed by atoms with Crippen molar-refractivity contribution in [2.24, 2.45) is 5.10 Å². The minimum atomic E-state index is -4.79. The van der Waals surface area contributed by atoms with Crippen molar-refractivity contribution in [2.45, 2.75) is 18.3 Å². The minimum absolute atomic E-state index is 0.0488. The molecule has 2 aromatic rings. The second kappa shape index (κ2) is 6.30. The van der Waals surface area contributed by atoms with Gasteiger partial charge in [-0.25, -0.2) is 0 Å². The van der Waals surface area contributed by atoms with Crippen molar-refractivity contribution in [3.05, 3.63) is 64.7 Å². The number of para-hydroxylation sites is 1. The molecule has 136 valence electrons. The summed E-state index contributed by atoms with van der Waals surface area (Å²) in [6.45, 7) is 0. The van der Waals surface area contributed by atoms with Crippen molar-refractivity contribution in [3.8, 4) is 0 Å². The lowest BCUT2D eigenvalue weighted by Gasteiger charge is -2.31. The monoisotopic (exact) mass is 383 g/mol. The molecular weight excluding hydrogens is 371 g/mol. The molecular formula is C17H13ClF3N3O2. The van der Waals surface area contributed by atoms with E-state index in [2.05, 4.69) is 5.10 Å². The molecule has 3 rings (SSSR count). The number of hydrogen-bond donors (Lipinski definition) is 2. The van der Waals surface area contributed by atoms with E-state index in [-0.39, 0.29) is 16.8 Å².